The summed E-state index contributed by atoms with van der Waals surface area (Å²) in [6, 6.07) is 8.19. The van der Waals surface area contributed by atoms with Crippen LogP contribution in [0.3, 0.4) is 0 Å². The maximum absolute atomic E-state index is 11.9. The molecule has 1 fully saturated rings. The van der Waals surface area contributed by atoms with Gasteiger partial charge in [-0.1, -0.05) is 24.3 Å². The van der Waals surface area contributed by atoms with Gasteiger partial charge in [-0.15, -0.1) is 0 Å². The van der Waals surface area contributed by atoms with E-state index >= 15 is 0 Å². The first-order valence-corrected chi connectivity index (χ1v) is 6.93. The van der Waals surface area contributed by atoms with E-state index in [0.29, 0.717) is 13.2 Å². The van der Waals surface area contributed by atoms with Crippen LogP contribution >= 0.6 is 0 Å². The molecule has 1 unspecified atom stereocenters. The lowest BCUT2D eigenvalue weighted by Crippen LogP contribution is -2.36. The van der Waals surface area contributed by atoms with E-state index < -0.39 is 0 Å². The van der Waals surface area contributed by atoms with Crippen LogP contribution in [0.5, 0.6) is 0 Å². The topological polar surface area (TPSA) is 55.6 Å². The van der Waals surface area contributed by atoms with Crippen LogP contribution in [0.15, 0.2) is 24.3 Å². The van der Waals surface area contributed by atoms with Gasteiger partial charge in [0.15, 0.2) is 0 Å². The molecule has 1 saturated heterocycles. The van der Waals surface area contributed by atoms with Gasteiger partial charge < -0.3 is 10.5 Å². The third-order valence-electron chi connectivity index (χ3n) is 3.57. The van der Waals surface area contributed by atoms with Crippen molar-refractivity contribution < 1.29 is 9.53 Å². The highest BCUT2D eigenvalue weighted by Crippen LogP contribution is 2.21. The van der Waals surface area contributed by atoms with Gasteiger partial charge >= 0.3 is 5.97 Å². The van der Waals surface area contributed by atoms with Crippen LogP contribution < -0.4 is 5.73 Å². The Morgan fingerprint density at radius 2 is 2.05 bits per heavy atom. The summed E-state index contributed by atoms with van der Waals surface area (Å²) in [4.78, 5) is 14.1. The number of ether oxygens (including phenoxy) is 1. The molecule has 2 N–H and O–H groups in total. The molecule has 104 valence electrons. The van der Waals surface area contributed by atoms with Crippen molar-refractivity contribution in [2.24, 2.45) is 5.73 Å². The Morgan fingerprint density at radius 3 is 2.68 bits per heavy atom. The lowest BCUT2D eigenvalue weighted by Gasteiger charge is -2.22. The van der Waals surface area contributed by atoms with E-state index in [1.807, 2.05) is 19.1 Å². The Balaban J connectivity index is 1.98. The van der Waals surface area contributed by atoms with E-state index in [0.717, 1.165) is 31.5 Å². The minimum absolute atomic E-state index is 0.0749. The van der Waals surface area contributed by atoms with Crippen LogP contribution in [-0.4, -0.2) is 30.1 Å². The maximum atomic E-state index is 11.9. The summed E-state index contributed by atoms with van der Waals surface area (Å²) in [6.07, 6.45) is 1.96. The monoisotopic (exact) mass is 262 g/mol. The molecule has 0 aliphatic carbocycles. The molecule has 0 amide bonds. The van der Waals surface area contributed by atoms with Gasteiger partial charge in [0, 0.05) is 13.1 Å². The highest BCUT2D eigenvalue weighted by atomic mass is 16.5. The fourth-order valence-electron chi connectivity index (χ4n) is 2.54. The molecule has 0 saturated carbocycles. The molecule has 4 nitrogen and oxygen atoms in total. The van der Waals surface area contributed by atoms with Crippen LogP contribution in [-0.2, 0) is 22.6 Å². The predicted molar refractivity (Wildman–Crippen MR) is 74.4 cm³/mol. The van der Waals surface area contributed by atoms with Gasteiger partial charge in [0.05, 0.1) is 6.61 Å². The summed E-state index contributed by atoms with van der Waals surface area (Å²) in [5.74, 6) is -0.0846. The van der Waals surface area contributed by atoms with Crippen LogP contribution in [0.2, 0.25) is 0 Å². The number of esters is 1. The Kier molecular flexibility index (Phi) is 4.93. The standard InChI is InChI=1S/C15H22N2O2/c1-2-19-15(18)14-4-3-9-17(14)11-13-7-5-12(10-16)6-8-13/h5-8,14H,2-4,9-11,16H2,1H3. The largest absolute Gasteiger partial charge is 0.465 e. The number of hydrogen-bond acceptors (Lipinski definition) is 4. The van der Waals surface area contributed by atoms with E-state index in [4.69, 9.17) is 10.5 Å². The van der Waals surface area contributed by atoms with Gasteiger partial charge in [0.2, 0.25) is 0 Å². The van der Waals surface area contributed by atoms with E-state index in [9.17, 15) is 4.79 Å². The van der Waals surface area contributed by atoms with Crippen molar-refractivity contribution in [1.29, 1.82) is 0 Å². The van der Waals surface area contributed by atoms with Crippen molar-refractivity contribution in [3.05, 3.63) is 35.4 Å². The summed E-state index contributed by atoms with van der Waals surface area (Å²) in [7, 11) is 0. The number of hydrogen-bond donors (Lipinski definition) is 1. The van der Waals surface area contributed by atoms with Gasteiger partial charge in [-0.2, -0.15) is 0 Å². The summed E-state index contributed by atoms with van der Waals surface area (Å²) >= 11 is 0. The lowest BCUT2D eigenvalue weighted by molar-refractivity contribution is -0.148. The highest BCUT2D eigenvalue weighted by molar-refractivity contribution is 5.76. The molecule has 0 bridgehead atoms. The first kappa shape index (κ1) is 14.0. The molecular formula is C15H22N2O2. The molecular weight excluding hydrogens is 240 g/mol. The second-order valence-corrected chi connectivity index (χ2v) is 4.90. The molecule has 4 heteroatoms. The quantitative estimate of drug-likeness (QED) is 0.820. The molecule has 1 aliphatic rings. The number of likely N-dealkylation sites (tertiary alicyclic amines) is 1. The first-order chi connectivity index (χ1) is 9.24. The van der Waals surface area contributed by atoms with Gasteiger partial charge in [0.25, 0.3) is 0 Å². The van der Waals surface area contributed by atoms with E-state index in [1.54, 1.807) is 0 Å². The Bertz CT molecular complexity index is 417. The van der Waals surface area contributed by atoms with E-state index in [2.05, 4.69) is 17.0 Å². The molecule has 1 aromatic carbocycles. The normalized spacial score (nSPS) is 19.6. The predicted octanol–water partition coefficient (Wildman–Crippen LogP) is 1.67. The smallest absolute Gasteiger partial charge is 0.323 e. The average molecular weight is 262 g/mol. The SMILES string of the molecule is CCOC(=O)C1CCCN1Cc1ccc(CN)cc1. The Hall–Kier alpha value is -1.39. The molecule has 0 spiro atoms. The highest BCUT2D eigenvalue weighted by Gasteiger charge is 2.31. The fourth-order valence-corrected chi connectivity index (χ4v) is 2.54. The Labute approximate surface area is 114 Å². The van der Waals surface area contributed by atoms with Crippen molar-refractivity contribution in [3.63, 3.8) is 0 Å². The van der Waals surface area contributed by atoms with Gasteiger partial charge in [-0.3, -0.25) is 9.69 Å². The third kappa shape index (κ3) is 3.55. The van der Waals surface area contributed by atoms with Gasteiger partial charge in [-0.25, -0.2) is 0 Å². The second-order valence-electron chi connectivity index (χ2n) is 4.90. The summed E-state index contributed by atoms with van der Waals surface area (Å²) in [5, 5.41) is 0. The number of nitrogens with two attached hydrogens (primary N) is 1. The summed E-state index contributed by atoms with van der Waals surface area (Å²) in [5.41, 5.74) is 7.93. The molecule has 1 aromatic rings. The van der Waals surface area contributed by atoms with Crippen LogP contribution in [0.1, 0.15) is 30.9 Å². The zero-order chi connectivity index (χ0) is 13.7. The number of carbonyl (C=O) groups is 1. The molecule has 1 atom stereocenters. The summed E-state index contributed by atoms with van der Waals surface area (Å²) in [6.45, 7) is 4.63. The zero-order valence-corrected chi connectivity index (χ0v) is 11.5. The van der Waals surface area contributed by atoms with Gasteiger partial charge in [-0.05, 0) is 37.4 Å². The van der Waals surface area contributed by atoms with Crippen molar-refractivity contribution in [2.45, 2.75) is 38.9 Å². The van der Waals surface area contributed by atoms with Crippen molar-refractivity contribution >= 4 is 5.97 Å². The molecule has 19 heavy (non-hydrogen) atoms. The van der Waals surface area contributed by atoms with E-state index in [-0.39, 0.29) is 12.0 Å². The molecule has 1 heterocycles. The first-order valence-electron chi connectivity index (χ1n) is 6.93. The van der Waals surface area contributed by atoms with Crippen molar-refractivity contribution in [3.8, 4) is 0 Å². The van der Waals surface area contributed by atoms with E-state index in [1.165, 1.54) is 5.56 Å². The number of rotatable bonds is 5. The Morgan fingerprint density at radius 1 is 1.37 bits per heavy atom. The van der Waals surface area contributed by atoms with Crippen LogP contribution in [0, 0.1) is 0 Å². The number of benzene rings is 1. The molecule has 0 aromatic heterocycles. The van der Waals surface area contributed by atoms with Crippen LogP contribution in [0.25, 0.3) is 0 Å². The fraction of sp³-hybridized carbons (Fsp3) is 0.533. The maximum Gasteiger partial charge on any atom is 0.323 e. The van der Waals surface area contributed by atoms with Crippen LogP contribution in [0.4, 0.5) is 0 Å². The minimum Gasteiger partial charge on any atom is -0.465 e. The molecule has 0 radical (unpaired) electrons. The lowest BCUT2D eigenvalue weighted by atomic mass is 10.1. The summed E-state index contributed by atoms with van der Waals surface area (Å²) < 4.78 is 5.13. The third-order valence-corrected chi connectivity index (χ3v) is 3.57. The minimum atomic E-state index is -0.0846. The number of carbonyl (C=O) groups excluding carboxylic acids is 1. The second kappa shape index (κ2) is 6.68. The van der Waals surface area contributed by atoms with Gasteiger partial charge in [0.1, 0.15) is 6.04 Å². The zero-order valence-electron chi connectivity index (χ0n) is 11.5. The molecule has 1 aliphatic heterocycles. The number of nitrogens with zero attached hydrogens (tertiary/aromatic N) is 1. The molecule has 2 rings (SSSR count). The average Bonchev–Trinajstić information content (AvgIpc) is 2.88. The van der Waals surface area contributed by atoms with Crippen molar-refractivity contribution in [1.82, 2.24) is 4.90 Å². The van der Waals surface area contributed by atoms with Crippen molar-refractivity contribution in [2.75, 3.05) is 13.2 Å².